The first kappa shape index (κ1) is 21.4. The van der Waals surface area contributed by atoms with E-state index in [2.05, 4.69) is 0 Å². The third-order valence-corrected chi connectivity index (χ3v) is 6.47. The predicted octanol–water partition coefficient (Wildman–Crippen LogP) is 4.19. The number of hydrogen-bond acceptors (Lipinski definition) is 5. The lowest BCUT2D eigenvalue weighted by Crippen LogP contribution is -2.26. The topological polar surface area (TPSA) is 72.9 Å². The average molecular weight is 426 g/mol. The number of ether oxygens (including phenoxy) is 2. The monoisotopic (exact) mass is 425 g/mol. The third kappa shape index (κ3) is 4.80. The van der Waals surface area contributed by atoms with Gasteiger partial charge in [0.1, 0.15) is 12.4 Å². The van der Waals surface area contributed by atoms with Crippen LogP contribution in [0.5, 0.6) is 5.75 Å². The van der Waals surface area contributed by atoms with Gasteiger partial charge in [0.25, 0.3) is 10.0 Å². The summed E-state index contributed by atoms with van der Waals surface area (Å²) in [6.07, 6.45) is 0. The molecule has 156 valence electrons. The highest BCUT2D eigenvalue weighted by Gasteiger charge is 2.21. The highest BCUT2D eigenvalue weighted by Crippen LogP contribution is 2.23. The molecule has 0 heterocycles. The van der Waals surface area contributed by atoms with E-state index in [0.717, 1.165) is 16.9 Å². The van der Waals surface area contributed by atoms with Gasteiger partial charge in [-0.05, 0) is 61.0 Å². The number of carbonyl (C=O) groups excluding carboxylic acids is 1. The van der Waals surface area contributed by atoms with Crippen LogP contribution < -0.4 is 9.04 Å². The van der Waals surface area contributed by atoms with Crippen molar-refractivity contribution in [2.24, 2.45) is 0 Å². The molecule has 0 spiro atoms. The van der Waals surface area contributed by atoms with Gasteiger partial charge in [0.05, 0.1) is 23.3 Å². The molecule has 3 aromatic rings. The zero-order valence-corrected chi connectivity index (χ0v) is 17.8. The number of esters is 1. The van der Waals surface area contributed by atoms with Crippen LogP contribution in [0.1, 0.15) is 21.5 Å². The van der Waals surface area contributed by atoms with Gasteiger partial charge in [0.2, 0.25) is 0 Å². The molecule has 0 N–H and O–H groups in total. The van der Waals surface area contributed by atoms with E-state index in [1.54, 1.807) is 67.8 Å². The van der Waals surface area contributed by atoms with Crippen LogP contribution in [0.15, 0.2) is 77.7 Å². The van der Waals surface area contributed by atoms with E-state index in [-0.39, 0.29) is 11.5 Å². The van der Waals surface area contributed by atoms with Gasteiger partial charge in [-0.15, -0.1) is 0 Å². The molecule has 0 aliphatic carbocycles. The fourth-order valence-electron chi connectivity index (χ4n) is 2.77. The summed E-state index contributed by atoms with van der Waals surface area (Å²) in [6.45, 7) is 2.03. The van der Waals surface area contributed by atoms with E-state index in [9.17, 15) is 13.2 Å². The minimum Gasteiger partial charge on any atom is -0.497 e. The molecule has 0 saturated heterocycles. The molecule has 0 aliphatic rings. The second kappa shape index (κ2) is 9.00. The summed E-state index contributed by atoms with van der Waals surface area (Å²) in [5.74, 6) is 0.242. The number of aryl methyl sites for hydroxylation is 1. The first-order valence-electron chi connectivity index (χ1n) is 9.27. The van der Waals surface area contributed by atoms with Gasteiger partial charge in [-0.1, -0.05) is 29.8 Å². The van der Waals surface area contributed by atoms with Gasteiger partial charge in [0.15, 0.2) is 0 Å². The highest BCUT2D eigenvalue weighted by atomic mass is 32.2. The Morgan fingerprint density at radius 3 is 2.07 bits per heavy atom. The van der Waals surface area contributed by atoms with Crippen molar-refractivity contribution in [1.29, 1.82) is 0 Å². The van der Waals surface area contributed by atoms with Gasteiger partial charge in [-0.25, -0.2) is 13.2 Å². The van der Waals surface area contributed by atoms with Crippen LogP contribution >= 0.6 is 0 Å². The number of rotatable bonds is 7. The molecule has 6 nitrogen and oxygen atoms in total. The summed E-state index contributed by atoms with van der Waals surface area (Å²) in [5, 5.41) is 0. The molecule has 0 saturated carbocycles. The molecule has 0 atom stereocenters. The average Bonchev–Trinajstić information content (AvgIpc) is 2.77. The molecule has 0 unspecified atom stereocenters. The van der Waals surface area contributed by atoms with Crippen LogP contribution in [-0.4, -0.2) is 28.5 Å². The number of sulfonamides is 1. The second-order valence-electron chi connectivity index (χ2n) is 6.76. The Labute approximate surface area is 176 Å². The molecule has 30 heavy (non-hydrogen) atoms. The van der Waals surface area contributed by atoms with Gasteiger partial charge in [-0.2, -0.15) is 0 Å². The summed E-state index contributed by atoms with van der Waals surface area (Å²) in [7, 11) is -0.623. The van der Waals surface area contributed by atoms with Gasteiger partial charge >= 0.3 is 5.97 Å². The summed E-state index contributed by atoms with van der Waals surface area (Å²) in [5.41, 5.74) is 2.61. The normalized spacial score (nSPS) is 11.0. The lowest BCUT2D eigenvalue weighted by Gasteiger charge is -2.20. The van der Waals surface area contributed by atoms with Crippen LogP contribution in [0.3, 0.4) is 0 Å². The molecule has 3 aromatic carbocycles. The summed E-state index contributed by atoms with van der Waals surface area (Å²) >= 11 is 0. The van der Waals surface area contributed by atoms with Crippen LogP contribution in [0.2, 0.25) is 0 Å². The van der Waals surface area contributed by atoms with Crippen LogP contribution in [0, 0.1) is 6.92 Å². The number of hydrogen-bond donors (Lipinski definition) is 0. The maximum Gasteiger partial charge on any atom is 0.338 e. The number of nitrogens with zero attached hydrogens (tertiary/aromatic N) is 1. The molecule has 0 radical (unpaired) electrons. The summed E-state index contributed by atoms with van der Waals surface area (Å²) < 4.78 is 37.2. The summed E-state index contributed by atoms with van der Waals surface area (Å²) in [4.78, 5) is 12.5. The molecular formula is C23H23NO5S. The number of methoxy groups -OCH3 is 1. The van der Waals surface area contributed by atoms with E-state index in [0.29, 0.717) is 11.3 Å². The Morgan fingerprint density at radius 1 is 0.900 bits per heavy atom. The van der Waals surface area contributed by atoms with Crippen molar-refractivity contribution in [3.8, 4) is 5.75 Å². The Hall–Kier alpha value is -3.32. The van der Waals surface area contributed by atoms with Crippen molar-refractivity contribution in [3.05, 3.63) is 89.5 Å². The Balaban J connectivity index is 1.67. The zero-order chi connectivity index (χ0) is 21.7. The van der Waals surface area contributed by atoms with E-state index >= 15 is 0 Å². The fourth-order valence-corrected chi connectivity index (χ4v) is 3.96. The number of carbonyl (C=O) groups is 1. The van der Waals surface area contributed by atoms with Crippen molar-refractivity contribution in [1.82, 2.24) is 0 Å². The zero-order valence-electron chi connectivity index (χ0n) is 17.0. The maximum atomic E-state index is 12.8. The Morgan fingerprint density at radius 2 is 1.50 bits per heavy atom. The minimum absolute atomic E-state index is 0.131. The summed E-state index contributed by atoms with van der Waals surface area (Å²) in [6, 6.07) is 20.1. The predicted molar refractivity (Wildman–Crippen MR) is 115 cm³/mol. The fraction of sp³-hybridized carbons (Fsp3) is 0.174. The first-order valence-corrected chi connectivity index (χ1v) is 10.7. The van der Waals surface area contributed by atoms with Crippen molar-refractivity contribution < 1.29 is 22.7 Å². The van der Waals surface area contributed by atoms with Crippen molar-refractivity contribution in [2.45, 2.75) is 18.4 Å². The minimum atomic E-state index is -3.69. The van der Waals surface area contributed by atoms with Crippen LogP contribution in [0.25, 0.3) is 0 Å². The lowest BCUT2D eigenvalue weighted by molar-refractivity contribution is 0.0472. The van der Waals surface area contributed by atoms with Crippen LogP contribution in [-0.2, 0) is 21.4 Å². The molecule has 0 bridgehead atoms. The maximum absolute atomic E-state index is 12.8. The molecule has 0 aliphatic heterocycles. The first-order chi connectivity index (χ1) is 14.3. The molecule has 0 amide bonds. The van der Waals surface area contributed by atoms with Crippen molar-refractivity contribution >= 4 is 21.7 Å². The molecule has 7 heteroatoms. The van der Waals surface area contributed by atoms with E-state index in [1.807, 2.05) is 19.1 Å². The number of anilines is 1. The van der Waals surface area contributed by atoms with Crippen LogP contribution in [0.4, 0.5) is 5.69 Å². The molecular weight excluding hydrogens is 402 g/mol. The second-order valence-corrected chi connectivity index (χ2v) is 8.73. The Kier molecular flexibility index (Phi) is 6.42. The van der Waals surface area contributed by atoms with E-state index < -0.39 is 16.0 Å². The third-order valence-electron chi connectivity index (χ3n) is 4.67. The van der Waals surface area contributed by atoms with Gasteiger partial charge in [-0.3, -0.25) is 4.31 Å². The van der Waals surface area contributed by atoms with Crippen molar-refractivity contribution in [2.75, 3.05) is 18.5 Å². The Bertz CT molecular complexity index is 1110. The standard InChI is InChI=1S/C23H23NO5S/c1-17-4-14-22(15-5-17)30(26,27)24(2)20-10-8-19(9-11-20)23(25)29-16-18-6-12-21(28-3)13-7-18/h4-15H,16H2,1-3H3. The van der Waals surface area contributed by atoms with Gasteiger partial charge < -0.3 is 9.47 Å². The smallest absolute Gasteiger partial charge is 0.338 e. The molecule has 0 aromatic heterocycles. The van der Waals surface area contributed by atoms with E-state index in [1.165, 1.54) is 11.4 Å². The van der Waals surface area contributed by atoms with Crippen molar-refractivity contribution in [3.63, 3.8) is 0 Å². The lowest BCUT2D eigenvalue weighted by atomic mass is 10.2. The highest BCUT2D eigenvalue weighted by molar-refractivity contribution is 7.92. The SMILES string of the molecule is COc1ccc(COC(=O)c2ccc(N(C)S(=O)(=O)c3ccc(C)cc3)cc2)cc1. The van der Waals surface area contributed by atoms with E-state index in [4.69, 9.17) is 9.47 Å². The quantitative estimate of drug-likeness (QED) is 0.531. The molecule has 0 fully saturated rings. The number of benzene rings is 3. The largest absolute Gasteiger partial charge is 0.497 e. The molecule has 3 rings (SSSR count). The van der Waals surface area contributed by atoms with Gasteiger partial charge in [0, 0.05) is 7.05 Å².